The van der Waals surface area contributed by atoms with Gasteiger partial charge < -0.3 is 10.6 Å². The first-order chi connectivity index (χ1) is 8.67. The number of hydrogen-bond donors (Lipinski definition) is 1. The number of nitrogens with two attached hydrogens (primary N) is 1. The zero-order chi connectivity index (χ0) is 13.1. The van der Waals surface area contributed by atoms with Gasteiger partial charge >= 0.3 is 0 Å². The van der Waals surface area contributed by atoms with E-state index in [9.17, 15) is 5.26 Å². The minimum absolute atomic E-state index is 0.345. The molecule has 1 aliphatic rings. The van der Waals surface area contributed by atoms with Gasteiger partial charge in [0, 0.05) is 13.1 Å². The maximum Gasteiger partial charge on any atom is 0.131 e. The van der Waals surface area contributed by atoms with Crippen molar-refractivity contribution in [1.29, 1.82) is 10.5 Å². The molecule has 1 fully saturated rings. The normalized spacial score (nSPS) is 19.9. The van der Waals surface area contributed by atoms with Crippen molar-refractivity contribution >= 4 is 22.0 Å². The highest BCUT2D eigenvalue weighted by Crippen LogP contribution is 2.38. The Balaban J connectivity index is 2.33. The topological polar surface area (TPSA) is 76.8 Å². The first kappa shape index (κ1) is 12.7. The zero-order valence-electron chi connectivity index (χ0n) is 10.4. The lowest BCUT2D eigenvalue weighted by Gasteiger charge is -2.21. The summed E-state index contributed by atoms with van der Waals surface area (Å²) in [6, 6.07) is 4.21. The molecule has 0 aromatic carbocycles. The van der Waals surface area contributed by atoms with Gasteiger partial charge in [0.25, 0.3) is 0 Å². The second-order valence-electron chi connectivity index (χ2n) is 4.77. The van der Waals surface area contributed by atoms with Crippen molar-refractivity contribution in [3.63, 3.8) is 0 Å². The van der Waals surface area contributed by atoms with Gasteiger partial charge in [-0.2, -0.15) is 10.5 Å². The summed E-state index contributed by atoms with van der Waals surface area (Å²) < 4.78 is 0. The average Bonchev–Trinajstić information content (AvgIpc) is 2.54. The van der Waals surface area contributed by atoms with Crippen LogP contribution in [0, 0.1) is 28.6 Å². The highest BCUT2D eigenvalue weighted by molar-refractivity contribution is 7.17. The Bertz CT molecular complexity index is 520. The molecule has 5 heteroatoms. The Morgan fingerprint density at radius 3 is 2.72 bits per heavy atom. The van der Waals surface area contributed by atoms with Crippen LogP contribution in [-0.4, -0.2) is 13.1 Å². The van der Waals surface area contributed by atoms with Gasteiger partial charge in [0.2, 0.25) is 0 Å². The summed E-state index contributed by atoms with van der Waals surface area (Å²) in [5.74, 6) is 0.730. The van der Waals surface area contributed by atoms with E-state index in [1.807, 2.05) is 0 Å². The molecule has 0 radical (unpaired) electrons. The van der Waals surface area contributed by atoms with E-state index in [2.05, 4.69) is 24.0 Å². The molecule has 1 aromatic heterocycles. The van der Waals surface area contributed by atoms with Crippen LogP contribution in [-0.2, 0) is 0 Å². The van der Waals surface area contributed by atoms with Crippen molar-refractivity contribution in [2.75, 3.05) is 23.7 Å². The van der Waals surface area contributed by atoms with E-state index in [4.69, 9.17) is 11.0 Å². The molecular weight excluding hydrogens is 244 g/mol. The summed E-state index contributed by atoms with van der Waals surface area (Å²) >= 11 is 1.35. The minimum atomic E-state index is 0.345. The third kappa shape index (κ3) is 2.27. The SMILES string of the molecule is CC1CCCN(c2sc(C#N)c(N)c2C#N)CC1. The zero-order valence-corrected chi connectivity index (χ0v) is 11.3. The molecular formula is C13H16N4S. The van der Waals surface area contributed by atoms with Crippen molar-refractivity contribution in [2.45, 2.75) is 26.2 Å². The van der Waals surface area contributed by atoms with Gasteiger partial charge in [0.05, 0.1) is 5.69 Å². The van der Waals surface area contributed by atoms with E-state index in [-0.39, 0.29) is 0 Å². The molecule has 0 aliphatic carbocycles. The standard InChI is InChI=1S/C13H16N4S/c1-9-3-2-5-17(6-4-9)13-10(7-14)12(16)11(8-15)18-13/h9H,2-6,16H2,1H3. The predicted octanol–water partition coefficient (Wildman–Crippen LogP) is 2.70. The quantitative estimate of drug-likeness (QED) is 0.842. The smallest absolute Gasteiger partial charge is 0.131 e. The number of thiophene rings is 1. The van der Waals surface area contributed by atoms with Crippen molar-refractivity contribution in [1.82, 2.24) is 0 Å². The van der Waals surface area contributed by atoms with Crippen LogP contribution in [0.2, 0.25) is 0 Å². The van der Waals surface area contributed by atoms with Gasteiger partial charge in [-0.25, -0.2) is 0 Å². The molecule has 1 unspecified atom stereocenters. The minimum Gasteiger partial charge on any atom is -0.396 e. The maximum absolute atomic E-state index is 9.20. The summed E-state index contributed by atoms with van der Waals surface area (Å²) in [5.41, 5.74) is 6.66. The fourth-order valence-electron chi connectivity index (χ4n) is 2.31. The number of nitrogens with zero attached hydrogens (tertiary/aromatic N) is 3. The van der Waals surface area contributed by atoms with Crippen LogP contribution in [0.3, 0.4) is 0 Å². The molecule has 0 bridgehead atoms. The Morgan fingerprint density at radius 1 is 1.28 bits per heavy atom. The second kappa shape index (κ2) is 5.29. The Morgan fingerprint density at radius 2 is 2.06 bits per heavy atom. The summed E-state index contributed by atoms with van der Waals surface area (Å²) in [6.45, 7) is 4.16. The van der Waals surface area contributed by atoms with Gasteiger partial charge in [0.1, 0.15) is 27.6 Å². The molecule has 2 heterocycles. The van der Waals surface area contributed by atoms with Gasteiger partial charge in [-0.1, -0.05) is 6.92 Å². The molecule has 4 nitrogen and oxygen atoms in total. The van der Waals surface area contributed by atoms with Crippen LogP contribution < -0.4 is 10.6 Å². The molecule has 0 spiro atoms. The lowest BCUT2D eigenvalue weighted by atomic mass is 10.0. The van der Waals surface area contributed by atoms with E-state index in [1.165, 1.54) is 17.8 Å². The van der Waals surface area contributed by atoms with E-state index >= 15 is 0 Å². The van der Waals surface area contributed by atoms with Crippen LogP contribution >= 0.6 is 11.3 Å². The number of hydrogen-bond acceptors (Lipinski definition) is 5. The van der Waals surface area contributed by atoms with Crippen LogP contribution in [0.15, 0.2) is 0 Å². The van der Waals surface area contributed by atoms with Crippen LogP contribution in [0.5, 0.6) is 0 Å². The van der Waals surface area contributed by atoms with Crippen molar-refractivity contribution < 1.29 is 0 Å². The van der Waals surface area contributed by atoms with E-state index in [0.29, 0.717) is 16.1 Å². The van der Waals surface area contributed by atoms with Crippen LogP contribution in [0.4, 0.5) is 10.7 Å². The maximum atomic E-state index is 9.20. The monoisotopic (exact) mass is 260 g/mol. The third-order valence-corrected chi connectivity index (χ3v) is 4.61. The molecule has 1 saturated heterocycles. The lowest BCUT2D eigenvalue weighted by molar-refractivity contribution is 0.521. The first-order valence-corrected chi connectivity index (χ1v) is 6.96. The molecule has 0 amide bonds. The summed E-state index contributed by atoms with van der Waals surface area (Å²) in [6.07, 6.45) is 3.49. The molecule has 18 heavy (non-hydrogen) atoms. The fourth-order valence-corrected chi connectivity index (χ4v) is 3.33. The molecule has 2 N–H and O–H groups in total. The van der Waals surface area contributed by atoms with Crippen molar-refractivity contribution in [3.05, 3.63) is 10.4 Å². The highest BCUT2D eigenvalue weighted by Gasteiger charge is 2.22. The molecule has 0 saturated carbocycles. The molecule has 1 aromatic rings. The number of nitriles is 2. The summed E-state index contributed by atoms with van der Waals surface area (Å²) in [7, 11) is 0. The van der Waals surface area contributed by atoms with E-state index in [1.54, 1.807) is 0 Å². The molecule has 94 valence electrons. The van der Waals surface area contributed by atoms with Gasteiger partial charge in [-0.05, 0) is 25.2 Å². The fraction of sp³-hybridized carbons (Fsp3) is 0.538. The van der Waals surface area contributed by atoms with Crippen LogP contribution in [0.25, 0.3) is 0 Å². The average molecular weight is 260 g/mol. The van der Waals surface area contributed by atoms with Gasteiger partial charge in [-0.15, -0.1) is 11.3 Å². The summed E-state index contributed by atoms with van der Waals surface area (Å²) in [4.78, 5) is 2.67. The van der Waals surface area contributed by atoms with Crippen molar-refractivity contribution in [2.24, 2.45) is 5.92 Å². The van der Waals surface area contributed by atoms with Gasteiger partial charge in [-0.3, -0.25) is 0 Å². The van der Waals surface area contributed by atoms with Gasteiger partial charge in [0.15, 0.2) is 0 Å². The highest BCUT2D eigenvalue weighted by atomic mass is 32.1. The predicted molar refractivity (Wildman–Crippen MR) is 73.4 cm³/mol. The number of rotatable bonds is 1. The van der Waals surface area contributed by atoms with Crippen molar-refractivity contribution in [3.8, 4) is 12.1 Å². The lowest BCUT2D eigenvalue weighted by Crippen LogP contribution is -2.23. The number of anilines is 2. The second-order valence-corrected chi connectivity index (χ2v) is 5.77. The van der Waals surface area contributed by atoms with E-state index in [0.717, 1.165) is 36.9 Å². The molecule has 1 atom stereocenters. The molecule has 1 aliphatic heterocycles. The Kier molecular flexibility index (Phi) is 3.74. The van der Waals surface area contributed by atoms with E-state index < -0.39 is 0 Å². The van der Waals surface area contributed by atoms with Crippen LogP contribution in [0.1, 0.15) is 36.6 Å². The first-order valence-electron chi connectivity index (χ1n) is 6.14. The largest absolute Gasteiger partial charge is 0.396 e. The number of nitrogen functional groups attached to an aromatic ring is 1. The third-order valence-electron chi connectivity index (χ3n) is 3.44. The summed E-state index contributed by atoms with van der Waals surface area (Å²) in [5, 5.41) is 19.1. The Hall–Kier alpha value is -1.72. The molecule has 2 rings (SSSR count). The Labute approximate surface area is 111 Å².